The standard InChI is InChI=1S/C13H10ClN3O5S/c1-8(18)11-6-13(14)15-7-12(11)16-23(21,22)10-4-2-9(3-5-10)17(19)20/h2-7,16H,1H3. The number of nitro groups is 1. The van der Waals surface area contributed by atoms with E-state index in [1.54, 1.807) is 0 Å². The highest BCUT2D eigenvalue weighted by molar-refractivity contribution is 7.92. The van der Waals surface area contributed by atoms with Crippen molar-refractivity contribution in [1.82, 2.24) is 4.98 Å². The smallest absolute Gasteiger partial charge is 0.269 e. The molecule has 10 heteroatoms. The van der Waals surface area contributed by atoms with Crippen LogP contribution in [-0.2, 0) is 10.0 Å². The summed E-state index contributed by atoms with van der Waals surface area (Å²) >= 11 is 5.69. The molecule has 0 aliphatic carbocycles. The number of hydrogen-bond donors (Lipinski definition) is 1. The van der Waals surface area contributed by atoms with Crippen LogP contribution in [0.4, 0.5) is 11.4 Å². The van der Waals surface area contributed by atoms with Crippen molar-refractivity contribution in [3.05, 3.63) is 57.4 Å². The lowest BCUT2D eigenvalue weighted by Crippen LogP contribution is -2.15. The Hall–Kier alpha value is -2.52. The topological polar surface area (TPSA) is 119 Å². The molecule has 0 bridgehead atoms. The second kappa shape index (κ2) is 6.31. The fraction of sp³-hybridized carbons (Fsp3) is 0.0769. The second-order valence-electron chi connectivity index (χ2n) is 4.47. The third kappa shape index (κ3) is 3.82. The Bertz CT molecular complexity index is 881. The van der Waals surface area contributed by atoms with Gasteiger partial charge in [0, 0.05) is 17.7 Å². The molecule has 1 aromatic heterocycles. The van der Waals surface area contributed by atoms with Crippen molar-refractivity contribution >= 4 is 38.8 Å². The summed E-state index contributed by atoms with van der Waals surface area (Å²) in [5.41, 5.74) is -0.197. The summed E-state index contributed by atoms with van der Waals surface area (Å²) in [6.07, 6.45) is 1.13. The van der Waals surface area contributed by atoms with Crippen molar-refractivity contribution in [2.45, 2.75) is 11.8 Å². The quantitative estimate of drug-likeness (QED) is 0.381. The Morgan fingerprint density at radius 3 is 2.43 bits per heavy atom. The number of carbonyl (C=O) groups is 1. The molecule has 0 aliphatic heterocycles. The summed E-state index contributed by atoms with van der Waals surface area (Å²) in [7, 11) is -4.03. The van der Waals surface area contributed by atoms with E-state index in [1.165, 1.54) is 13.0 Å². The van der Waals surface area contributed by atoms with E-state index in [2.05, 4.69) is 9.71 Å². The minimum absolute atomic E-state index is 0.0275. The van der Waals surface area contributed by atoms with Crippen LogP contribution in [0.1, 0.15) is 17.3 Å². The van der Waals surface area contributed by atoms with Gasteiger partial charge in [0.15, 0.2) is 5.78 Å². The van der Waals surface area contributed by atoms with E-state index in [-0.39, 0.29) is 27.0 Å². The molecule has 0 aliphatic rings. The van der Waals surface area contributed by atoms with Gasteiger partial charge in [-0.15, -0.1) is 0 Å². The van der Waals surface area contributed by atoms with Crippen LogP contribution in [0.25, 0.3) is 0 Å². The van der Waals surface area contributed by atoms with E-state index in [9.17, 15) is 23.3 Å². The number of nitrogens with one attached hydrogen (secondary N) is 1. The lowest BCUT2D eigenvalue weighted by molar-refractivity contribution is -0.384. The Balaban J connectivity index is 2.39. The molecule has 0 spiro atoms. The Morgan fingerprint density at radius 1 is 1.30 bits per heavy atom. The molecule has 0 unspecified atom stereocenters. The summed E-state index contributed by atoms with van der Waals surface area (Å²) in [5.74, 6) is -0.393. The van der Waals surface area contributed by atoms with Gasteiger partial charge in [0.05, 0.1) is 21.7 Å². The van der Waals surface area contributed by atoms with Gasteiger partial charge >= 0.3 is 0 Å². The van der Waals surface area contributed by atoms with Crippen molar-refractivity contribution in [2.24, 2.45) is 0 Å². The molecule has 0 radical (unpaired) electrons. The first-order chi connectivity index (χ1) is 10.7. The van der Waals surface area contributed by atoms with Crippen LogP contribution in [0.3, 0.4) is 0 Å². The average Bonchev–Trinajstić information content (AvgIpc) is 2.48. The number of ketones is 1. The van der Waals surface area contributed by atoms with Crippen molar-refractivity contribution in [2.75, 3.05) is 4.72 Å². The fourth-order valence-electron chi connectivity index (χ4n) is 1.75. The third-order valence-electron chi connectivity index (χ3n) is 2.85. The highest BCUT2D eigenvalue weighted by atomic mass is 35.5. The van der Waals surface area contributed by atoms with Crippen molar-refractivity contribution in [3.8, 4) is 0 Å². The Kier molecular flexibility index (Phi) is 4.62. The molecule has 120 valence electrons. The molecular weight excluding hydrogens is 346 g/mol. The number of aromatic nitrogens is 1. The van der Waals surface area contributed by atoms with E-state index < -0.39 is 20.7 Å². The summed E-state index contributed by atoms with van der Waals surface area (Å²) in [4.78, 5) is 25.1. The maximum absolute atomic E-state index is 12.3. The average molecular weight is 356 g/mol. The number of halogens is 1. The zero-order valence-corrected chi connectivity index (χ0v) is 13.3. The largest absolute Gasteiger partial charge is 0.294 e. The van der Waals surface area contributed by atoms with Crippen LogP contribution < -0.4 is 4.72 Å². The van der Waals surface area contributed by atoms with Crippen LogP contribution in [-0.4, -0.2) is 24.1 Å². The molecule has 8 nitrogen and oxygen atoms in total. The van der Waals surface area contributed by atoms with E-state index in [0.29, 0.717) is 0 Å². The van der Waals surface area contributed by atoms with Gasteiger partial charge in [-0.05, 0) is 25.1 Å². The monoisotopic (exact) mass is 355 g/mol. The zero-order chi connectivity index (χ0) is 17.2. The number of Topliss-reactive ketones (excluding diaryl/α,β-unsaturated/α-hetero) is 1. The van der Waals surface area contributed by atoms with Gasteiger partial charge in [-0.25, -0.2) is 13.4 Å². The molecule has 2 rings (SSSR count). The molecule has 1 N–H and O–H groups in total. The first kappa shape index (κ1) is 16.8. The number of sulfonamides is 1. The van der Waals surface area contributed by atoms with Crippen LogP contribution in [0, 0.1) is 10.1 Å². The van der Waals surface area contributed by atoms with Crippen LogP contribution in [0.15, 0.2) is 41.4 Å². The summed E-state index contributed by atoms with van der Waals surface area (Å²) in [5, 5.41) is 10.6. The molecule has 0 amide bonds. The zero-order valence-electron chi connectivity index (χ0n) is 11.7. The third-order valence-corrected chi connectivity index (χ3v) is 4.44. The molecular formula is C13H10ClN3O5S. The Morgan fingerprint density at radius 2 is 1.91 bits per heavy atom. The van der Waals surface area contributed by atoms with Gasteiger partial charge in [-0.2, -0.15) is 0 Å². The van der Waals surface area contributed by atoms with Gasteiger partial charge in [0.2, 0.25) is 0 Å². The van der Waals surface area contributed by atoms with Gasteiger partial charge in [0.25, 0.3) is 15.7 Å². The van der Waals surface area contributed by atoms with E-state index in [0.717, 1.165) is 30.5 Å². The maximum atomic E-state index is 12.3. The SMILES string of the molecule is CC(=O)c1cc(Cl)ncc1NS(=O)(=O)c1ccc([N+](=O)[O-])cc1. The maximum Gasteiger partial charge on any atom is 0.269 e. The van der Waals surface area contributed by atoms with Crippen molar-refractivity contribution in [3.63, 3.8) is 0 Å². The minimum atomic E-state index is -4.03. The molecule has 1 aromatic carbocycles. The normalized spacial score (nSPS) is 11.0. The lowest BCUT2D eigenvalue weighted by atomic mass is 10.2. The predicted octanol–water partition coefficient (Wildman–Crippen LogP) is 2.65. The highest BCUT2D eigenvalue weighted by Crippen LogP contribution is 2.23. The second-order valence-corrected chi connectivity index (χ2v) is 6.53. The fourth-order valence-corrected chi connectivity index (χ4v) is 2.98. The summed E-state index contributed by atoms with van der Waals surface area (Å²) in [6.45, 7) is 1.26. The summed E-state index contributed by atoms with van der Waals surface area (Å²) in [6, 6.07) is 5.58. The van der Waals surface area contributed by atoms with E-state index in [4.69, 9.17) is 11.6 Å². The molecule has 0 atom stereocenters. The molecule has 23 heavy (non-hydrogen) atoms. The number of nitrogens with zero attached hydrogens (tertiary/aromatic N) is 2. The lowest BCUT2D eigenvalue weighted by Gasteiger charge is -2.11. The van der Waals surface area contributed by atoms with Crippen molar-refractivity contribution < 1.29 is 18.1 Å². The number of nitro benzene ring substituents is 1. The van der Waals surface area contributed by atoms with Gasteiger partial charge in [-0.1, -0.05) is 11.6 Å². The predicted molar refractivity (Wildman–Crippen MR) is 83.2 cm³/mol. The Labute approximate surface area is 136 Å². The number of carbonyl (C=O) groups excluding carboxylic acids is 1. The molecule has 1 heterocycles. The number of anilines is 1. The van der Waals surface area contributed by atoms with E-state index in [1.807, 2.05) is 0 Å². The van der Waals surface area contributed by atoms with Crippen LogP contribution in [0.5, 0.6) is 0 Å². The number of pyridine rings is 1. The van der Waals surface area contributed by atoms with E-state index >= 15 is 0 Å². The van der Waals surface area contributed by atoms with Gasteiger partial charge in [0.1, 0.15) is 5.15 Å². The van der Waals surface area contributed by atoms with Gasteiger partial charge in [-0.3, -0.25) is 19.6 Å². The van der Waals surface area contributed by atoms with Crippen molar-refractivity contribution in [1.29, 1.82) is 0 Å². The minimum Gasteiger partial charge on any atom is -0.294 e. The first-order valence-corrected chi connectivity index (χ1v) is 8.00. The van der Waals surface area contributed by atoms with Gasteiger partial charge < -0.3 is 0 Å². The van der Waals surface area contributed by atoms with Crippen LogP contribution in [0.2, 0.25) is 5.15 Å². The number of non-ortho nitro benzene ring substituents is 1. The number of hydrogen-bond acceptors (Lipinski definition) is 6. The number of benzene rings is 1. The van der Waals surface area contributed by atoms with Crippen LogP contribution >= 0.6 is 11.6 Å². The molecule has 2 aromatic rings. The number of rotatable bonds is 5. The highest BCUT2D eigenvalue weighted by Gasteiger charge is 2.19. The molecule has 0 fully saturated rings. The summed E-state index contributed by atoms with van der Waals surface area (Å²) < 4.78 is 26.8. The molecule has 0 saturated heterocycles. The first-order valence-electron chi connectivity index (χ1n) is 6.14. The molecule has 0 saturated carbocycles.